The van der Waals surface area contributed by atoms with Crippen LogP contribution in [0.4, 0.5) is 13.2 Å². The van der Waals surface area contributed by atoms with Gasteiger partial charge in [-0.05, 0) is 30.3 Å². The molecule has 1 N–H and O–H groups in total. The summed E-state index contributed by atoms with van der Waals surface area (Å²) < 4.78 is 45.1. The van der Waals surface area contributed by atoms with Gasteiger partial charge in [-0.15, -0.1) is 0 Å². The Bertz CT molecular complexity index is 694. The summed E-state index contributed by atoms with van der Waals surface area (Å²) in [4.78, 5) is 11.6. The second kappa shape index (κ2) is 7.31. The van der Waals surface area contributed by atoms with E-state index in [9.17, 15) is 18.0 Å². The van der Waals surface area contributed by atoms with Gasteiger partial charge in [0.25, 0.3) is 5.91 Å². The molecule has 0 bridgehead atoms. The zero-order valence-corrected chi connectivity index (χ0v) is 12.8. The third-order valence-corrected chi connectivity index (χ3v) is 3.23. The number of ether oxygens (including phenoxy) is 1. The van der Waals surface area contributed by atoms with Crippen molar-refractivity contribution in [3.05, 3.63) is 63.9 Å². The lowest BCUT2D eigenvalue weighted by Crippen LogP contribution is -2.28. The van der Waals surface area contributed by atoms with Crippen LogP contribution in [0.25, 0.3) is 0 Å². The molecule has 0 atom stereocenters. The fourth-order valence-corrected chi connectivity index (χ4v) is 2.07. The minimum Gasteiger partial charge on any atom is -0.481 e. The Morgan fingerprint density at radius 1 is 1.09 bits per heavy atom. The highest BCUT2D eigenvalue weighted by Crippen LogP contribution is 2.17. The lowest BCUT2D eigenvalue weighted by atomic mass is 10.2. The predicted molar refractivity (Wildman–Crippen MR) is 77.8 cm³/mol. The maximum absolute atomic E-state index is 13.5. The van der Waals surface area contributed by atoms with E-state index >= 15 is 0 Å². The standard InChI is InChI=1S/C15H11BrF3NO2/c16-10-1-3-12(18)9(5-10)7-20-15(21)8-22-14-4-2-11(17)6-13(14)19/h1-6H,7-8H2,(H,20,21). The summed E-state index contributed by atoms with van der Waals surface area (Å²) in [5, 5.41) is 2.45. The highest BCUT2D eigenvalue weighted by molar-refractivity contribution is 9.10. The van der Waals surface area contributed by atoms with Crippen LogP contribution in [0, 0.1) is 17.5 Å². The van der Waals surface area contributed by atoms with Crippen LogP contribution in [0.1, 0.15) is 5.56 Å². The van der Waals surface area contributed by atoms with Crippen molar-refractivity contribution in [3.8, 4) is 5.75 Å². The van der Waals surface area contributed by atoms with Crippen LogP contribution in [0.15, 0.2) is 40.9 Å². The summed E-state index contributed by atoms with van der Waals surface area (Å²) in [7, 11) is 0. The average Bonchev–Trinajstić information content (AvgIpc) is 2.47. The van der Waals surface area contributed by atoms with E-state index < -0.39 is 30.0 Å². The Morgan fingerprint density at radius 3 is 2.59 bits per heavy atom. The number of rotatable bonds is 5. The SMILES string of the molecule is O=C(COc1ccc(F)cc1F)NCc1cc(Br)ccc1F. The van der Waals surface area contributed by atoms with Crippen LogP contribution < -0.4 is 10.1 Å². The molecule has 2 aromatic rings. The second-order valence-electron chi connectivity index (χ2n) is 4.38. The Morgan fingerprint density at radius 2 is 1.86 bits per heavy atom. The summed E-state index contributed by atoms with van der Waals surface area (Å²) >= 11 is 3.20. The van der Waals surface area contributed by atoms with E-state index in [0.717, 1.165) is 12.1 Å². The number of hydrogen-bond donors (Lipinski definition) is 1. The van der Waals surface area contributed by atoms with Gasteiger partial charge >= 0.3 is 0 Å². The van der Waals surface area contributed by atoms with Crippen molar-refractivity contribution in [1.82, 2.24) is 5.32 Å². The van der Waals surface area contributed by atoms with Gasteiger partial charge in [-0.1, -0.05) is 15.9 Å². The van der Waals surface area contributed by atoms with Crippen molar-refractivity contribution in [2.45, 2.75) is 6.54 Å². The van der Waals surface area contributed by atoms with Crippen molar-refractivity contribution in [2.75, 3.05) is 6.61 Å². The Balaban J connectivity index is 1.87. The van der Waals surface area contributed by atoms with Gasteiger partial charge in [0, 0.05) is 22.6 Å². The van der Waals surface area contributed by atoms with Crippen molar-refractivity contribution < 1.29 is 22.7 Å². The highest BCUT2D eigenvalue weighted by atomic mass is 79.9. The van der Waals surface area contributed by atoms with Gasteiger partial charge < -0.3 is 10.1 Å². The highest BCUT2D eigenvalue weighted by Gasteiger charge is 2.09. The molecular formula is C15H11BrF3NO2. The first-order valence-electron chi connectivity index (χ1n) is 6.24. The molecule has 2 aromatic carbocycles. The summed E-state index contributed by atoms with van der Waals surface area (Å²) in [5.74, 6) is -2.87. The van der Waals surface area contributed by atoms with E-state index in [-0.39, 0.29) is 12.3 Å². The van der Waals surface area contributed by atoms with Gasteiger partial charge in [0.1, 0.15) is 11.6 Å². The van der Waals surface area contributed by atoms with E-state index in [2.05, 4.69) is 21.2 Å². The number of carbonyl (C=O) groups excluding carboxylic acids is 1. The van der Waals surface area contributed by atoms with E-state index in [1.807, 2.05) is 0 Å². The van der Waals surface area contributed by atoms with Crippen LogP contribution >= 0.6 is 15.9 Å². The Kier molecular flexibility index (Phi) is 5.43. The van der Waals surface area contributed by atoms with Crippen molar-refractivity contribution in [3.63, 3.8) is 0 Å². The number of amides is 1. The summed E-state index contributed by atoms with van der Waals surface area (Å²) in [6.45, 7) is -0.489. The molecule has 0 fully saturated rings. The number of carbonyl (C=O) groups is 1. The molecule has 0 unspecified atom stereocenters. The van der Waals surface area contributed by atoms with Crippen molar-refractivity contribution in [2.24, 2.45) is 0 Å². The molecule has 0 aliphatic rings. The van der Waals surface area contributed by atoms with Gasteiger partial charge in [0.2, 0.25) is 0 Å². The molecule has 0 aliphatic carbocycles. The molecule has 1 amide bonds. The lowest BCUT2D eigenvalue weighted by molar-refractivity contribution is -0.123. The molecule has 0 heterocycles. The molecule has 3 nitrogen and oxygen atoms in total. The second-order valence-corrected chi connectivity index (χ2v) is 5.29. The third-order valence-electron chi connectivity index (χ3n) is 2.74. The summed E-state index contributed by atoms with van der Waals surface area (Å²) in [6, 6.07) is 7.12. The lowest BCUT2D eigenvalue weighted by Gasteiger charge is -2.09. The Hall–Kier alpha value is -2.02. The van der Waals surface area contributed by atoms with Gasteiger partial charge in [-0.3, -0.25) is 4.79 Å². The summed E-state index contributed by atoms with van der Waals surface area (Å²) in [6.07, 6.45) is 0. The van der Waals surface area contributed by atoms with Crippen molar-refractivity contribution in [1.29, 1.82) is 0 Å². The van der Waals surface area contributed by atoms with Gasteiger partial charge in [-0.2, -0.15) is 0 Å². The quantitative estimate of drug-likeness (QED) is 0.869. The van der Waals surface area contributed by atoms with Gasteiger partial charge in [0.05, 0.1) is 0 Å². The number of hydrogen-bond acceptors (Lipinski definition) is 2. The molecule has 0 spiro atoms. The minimum atomic E-state index is -0.897. The maximum atomic E-state index is 13.5. The van der Waals surface area contributed by atoms with Crippen LogP contribution in [-0.4, -0.2) is 12.5 Å². The van der Waals surface area contributed by atoms with Gasteiger partial charge in [-0.25, -0.2) is 13.2 Å². The molecule has 0 aromatic heterocycles. The smallest absolute Gasteiger partial charge is 0.258 e. The third kappa shape index (κ3) is 4.49. The average molecular weight is 374 g/mol. The molecule has 2 rings (SSSR count). The molecule has 116 valence electrons. The van der Waals surface area contributed by atoms with E-state index in [1.54, 1.807) is 6.07 Å². The van der Waals surface area contributed by atoms with E-state index in [1.165, 1.54) is 12.1 Å². The number of benzene rings is 2. The molecule has 0 radical (unpaired) electrons. The van der Waals surface area contributed by atoms with Crippen LogP contribution in [0.3, 0.4) is 0 Å². The van der Waals surface area contributed by atoms with E-state index in [0.29, 0.717) is 16.1 Å². The fourth-order valence-electron chi connectivity index (χ4n) is 1.66. The van der Waals surface area contributed by atoms with Crippen molar-refractivity contribution >= 4 is 21.8 Å². The van der Waals surface area contributed by atoms with Crippen LogP contribution in [-0.2, 0) is 11.3 Å². The molecule has 0 saturated heterocycles. The fraction of sp³-hybridized carbons (Fsp3) is 0.133. The van der Waals surface area contributed by atoms with Gasteiger partial charge in [0.15, 0.2) is 18.2 Å². The zero-order chi connectivity index (χ0) is 16.1. The first-order valence-corrected chi connectivity index (χ1v) is 7.03. The first-order chi connectivity index (χ1) is 10.5. The molecule has 22 heavy (non-hydrogen) atoms. The topological polar surface area (TPSA) is 38.3 Å². The largest absolute Gasteiger partial charge is 0.481 e. The number of nitrogens with one attached hydrogen (secondary N) is 1. The molecule has 0 aliphatic heterocycles. The number of halogens is 4. The van der Waals surface area contributed by atoms with Crippen LogP contribution in [0.2, 0.25) is 0 Å². The summed E-state index contributed by atoms with van der Waals surface area (Å²) in [5.41, 5.74) is 0.302. The first kappa shape index (κ1) is 16.4. The molecule has 0 saturated carbocycles. The van der Waals surface area contributed by atoms with E-state index in [4.69, 9.17) is 4.74 Å². The zero-order valence-electron chi connectivity index (χ0n) is 11.2. The molecular weight excluding hydrogens is 363 g/mol. The maximum Gasteiger partial charge on any atom is 0.258 e. The molecule has 7 heteroatoms. The minimum absolute atomic E-state index is 0.0284. The normalized spacial score (nSPS) is 10.4. The predicted octanol–water partition coefficient (Wildman–Crippen LogP) is 3.56. The Labute approximate surface area is 133 Å². The van der Waals surface area contributed by atoms with Crippen LogP contribution in [0.5, 0.6) is 5.75 Å². The monoisotopic (exact) mass is 373 g/mol.